The summed E-state index contributed by atoms with van der Waals surface area (Å²) in [6.45, 7) is 3.04. The minimum absolute atomic E-state index is 0.128. The molecule has 2 heterocycles. The number of anilines is 2. The molecular weight excluding hydrogens is 297 g/mol. The number of halogens is 1. The van der Waals surface area contributed by atoms with Crippen LogP contribution in [0.4, 0.5) is 15.9 Å². The molecule has 1 aromatic heterocycles. The van der Waals surface area contributed by atoms with Crippen molar-refractivity contribution in [2.75, 3.05) is 36.5 Å². The molecule has 6 heteroatoms. The van der Waals surface area contributed by atoms with Crippen molar-refractivity contribution in [1.82, 2.24) is 4.98 Å². The predicted molar refractivity (Wildman–Crippen MR) is 86.0 cm³/mol. The average molecular weight is 315 g/mol. The van der Waals surface area contributed by atoms with Crippen LogP contribution >= 0.6 is 0 Å². The van der Waals surface area contributed by atoms with Gasteiger partial charge in [-0.15, -0.1) is 0 Å². The first kappa shape index (κ1) is 15.4. The topological polar surface area (TPSA) is 54.5 Å². The highest BCUT2D eigenvalue weighted by atomic mass is 19.1. The summed E-state index contributed by atoms with van der Waals surface area (Å²) in [5.74, 6) is 0.333. The van der Waals surface area contributed by atoms with Gasteiger partial charge >= 0.3 is 0 Å². The molecule has 0 spiro atoms. The van der Waals surface area contributed by atoms with Gasteiger partial charge in [-0.1, -0.05) is 12.1 Å². The summed E-state index contributed by atoms with van der Waals surface area (Å²) >= 11 is 0. The molecule has 0 radical (unpaired) electrons. The molecule has 3 rings (SSSR count). The maximum atomic E-state index is 13.1. The number of nitrogens with zero attached hydrogens (tertiary/aromatic N) is 2. The van der Waals surface area contributed by atoms with Gasteiger partial charge in [0, 0.05) is 13.1 Å². The van der Waals surface area contributed by atoms with Crippen LogP contribution in [0.5, 0.6) is 0 Å². The maximum absolute atomic E-state index is 13.1. The van der Waals surface area contributed by atoms with Crippen molar-refractivity contribution in [2.45, 2.75) is 6.42 Å². The van der Waals surface area contributed by atoms with Crippen molar-refractivity contribution >= 4 is 17.4 Å². The lowest BCUT2D eigenvalue weighted by molar-refractivity contribution is -0.115. The molecule has 1 amide bonds. The van der Waals surface area contributed by atoms with Gasteiger partial charge < -0.3 is 15.0 Å². The van der Waals surface area contributed by atoms with Gasteiger partial charge in [0.25, 0.3) is 0 Å². The van der Waals surface area contributed by atoms with E-state index in [0.29, 0.717) is 24.5 Å². The number of aromatic nitrogens is 1. The van der Waals surface area contributed by atoms with E-state index in [9.17, 15) is 9.18 Å². The molecule has 0 atom stereocenters. The fraction of sp³-hybridized carbons (Fsp3) is 0.294. The number of carbonyl (C=O) groups excluding carboxylic acids is 1. The number of rotatable bonds is 4. The number of amides is 1. The third-order valence-electron chi connectivity index (χ3n) is 3.62. The van der Waals surface area contributed by atoms with E-state index in [0.717, 1.165) is 18.9 Å². The Morgan fingerprint density at radius 2 is 2.09 bits per heavy atom. The van der Waals surface area contributed by atoms with Gasteiger partial charge in [0.15, 0.2) is 0 Å². The summed E-state index contributed by atoms with van der Waals surface area (Å²) in [6, 6.07) is 9.73. The molecule has 1 fully saturated rings. The minimum atomic E-state index is -0.341. The molecule has 1 saturated heterocycles. The van der Waals surface area contributed by atoms with E-state index in [-0.39, 0.29) is 18.1 Å². The average Bonchev–Trinajstić information content (AvgIpc) is 2.56. The highest BCUT2D eigenvalue weighted by Crippen LogP contribution is 2.15. The van der Waals surface area contributed by atoms with Gasteiger partial charge in [0.05, 0.1) is 31.5 Å². The number of hydrogen-bond acceptors (Lipinski definition) is 4. The summed E-state index contributed by atoms with van der Waals surface area (Å²) in [5, 5.41) is 2.77. The number of benzene rings is 1. The van der Waals surface area contributed by atoms with Crippen LogP contribution < -0.4 is 10.2 Å². The molecule has 1 aliphatic heterocycles. The van der Waals surface area contributed by atoms with Gasteiger partial charge in [-0.2, -0.15) is 0 Å². The zero-order valence-electron chi connectivity index (χ0n) is 12.7. The normalized spacial score (nSPS) is 14.6. The van der Waals surface area contributed by atoms with E-state index in [1.807, 2.05) is 12.1 Å². The fourth-order valence-electron chi connectivity index (χ4n) is 2.48. The molecule has 120 valence electrons. The third kappa shape index (κ3) is 4.26. The second-order valence-electron chi connectivity index (χ2n) is 5.36. The smallest absolute Gasteiger partial charge is 0.228 e. The van der Waals surface area contributed by atoms with Gasteiger partial charge in [-0.05, 0) is 29.8 Å². The number of carbonyl (C=O) groups is 1. The van der Waals surface area contributed by atoms with Crippen molar-refractivity contribution in [2.24, 2.45) is 0 Å². The number of hydrogen-bond donors (Lipinski definition) is 1. The lowest BCUT2D eigenvalue weighted by atomic mass is 10.1. The quantitative estimate of drug-likeness (QED) is 0.940. The van der Waals surface area contributed by atoms with Crippen LogP contribution in [0, 0.1) is 5.82 Å². The molecule has 23 heavy (non-hydrogen) atoms. The van der Waals surface area contributed by atoms with Crippen molar-refractivity contribution in [1.29, 1.82) is 0 Å². The zero-order valence-corrected chi connectivity index (χ0v) is 12.7. The number of nitrogens with one attached hydrogen (secondary N) is 1. The van der Waals surface area contributed by atoms with E-state index in [1.165, 1.54) is 12.1 Å². The molecule has 0 bridgehead atoms. The molecule has 1 aromatic carbocycles. The highest BCUT2D eigenvalue weighted by Gasteiger charge is 2.12. The monoisotopic (exact) mass is 315 g/mol. The van der Waals surface area contributed by atoms with Gasteiger partial charge in [0.2, 0.25) is 5.91 Å². The van der Waals surface area contributed by atoms with Crippen LogP contribution in [0.15, 0.2) is 42.6 Å². The first-order chi connectivity index (χ1) is 11.2. The second-order valence-corrected chi connectivity index (χ2v) is 5.36. The number of morpholine rings is 1. The van der Waals surface area contributed by atoms with E-state index < -0.39 is 0 Å². The van der Waals surface area contributed by atoms with Crippen molar-refractivity contribution < 1.29 is 13.9 Å². The van der Waals surface area contributed by atoms with Gasteiger partial charge in [0.1, 0.15) is 11.6 Å². The Balaban J connectivity index is 1.58. The Kier molecular flexibility index (Phi) is 4.83. The Morgan fingerprint density at radius 1 is 1.26 bits per heavy atom. The Morgan fingerprint density at radius 3 is 2.78 bits per heavy atom. The SMILES string of the molecule is O=C(Cc1cccc(F)c1)Nc1ccc(N2CCOCC2)nc1. The van der Waals surface area contributed by atoms with Crippen LogP contribution in [0.25, 0.3) is 0 Å². The standard InChI is InChI=1S/C17H18FN3O2/c18-14-3-1-2-13(10-14)11-17(22)20-15-4-5-16(19-12-15)21-6-8-23-9-7-21/h1-5,10,12H,6-9,11H2,(H,20,22). The van der Waals surface area contributed by atoms with E-state index >= 15 is 0 Å². The van der Waals surface area contributed by atoms with Crippen LogP contribution in [0.3, 0.4) is 0 Å². The summed E-state index contributed by atoms with van der Waals surface area (Å²) in [5.41, 5.74) is 1.27. The van der Waals surface area contributed by atoms with Crippen molar-refractivity contribution in [3.8, 4) is 0 Å². The van der Waals surface area contributed by atoms with E-state index in [1.54, 1.807) is 18.3 Å². The molecule has 5 nitrogen and oxygen atoms in total. The number of ether oxygens (including phenoxy) is 1. The maximum Gasteiger partial charge on any atom is 0.228 e. The van der Waals surface area contributed by atoms with E-state index in [2.05, 4.69) is 15.2 Å². The Bertz CT molecular complexity index is 670. The molecular formula is C17H18FN3O2. The van der Waals surface area contributed by atoms with Crippen molar-refractivity contribution in [3.05, 3.63) is 54.0 Å². The Hall–Kier alpha value is -2.47. The van der Waals surface area contributed by atoms with Crippen LogP contribution in [-0.2, 0) is 16.0 Å². The fourth-order valence-corrected chi connectivity index (χ4v) is 2.48. The highest BCUT2D eigenvalue weighted by molar-refractivity contribution is 5.92. The lowest BCUT2D eigenvalue weighted by Gasteiger charge is -2.27. The summed E-state index contributed by atoms with van der Waals surface area (Å²) < 4.78 is 18.4. The molecule has 2 aromatic rings. The minimum Gasteiger partial charge on any atom is -0.378 e. The molecule has 0 aliphatic carbocycles. The Labute approximate surface area is 134 Å². The summed E-state index contributed by atoms with van der Waals surface area (Å²) in [4.78, 5) is 18.5. The zero-order chi connectivity index (χ0) is 16.1. The largest absolute Gasteiger partial charge is 0.378 e. The third-order valence-corrected chi connectivity index (χ3v) is 3.62. The molecule has 1 aliphatic rings. The predicted octanol–water partition coefficient (Wildman–Crippen LogP) is 2.24. The van der Waals surface area contributed by atoms with Gasteiger partial charge in [-0.25, -0.2) is 9.37 Å². The summed E-state index contributed by atoms with van der Waals surface area (Å²) in [7, 11) is 0. The molecule has 0 unspecified atom stereocenters. The van der Waals surface area contributed by atoms with Crippen LogP contribution in [0.2, 0.25) is 0 Å². The van der Waals surface area contributed by atoms with Crippen molar-refractivity contribution in [3.63, 3.8) is 0 Å². The first-order valence-electron chi connectivity index (χ1n) is 7.54. The first-order valence-corrected chi connectivity index (χ1v) is 7.54. The molecule has 1 N–H and O–H groups in total. The van der Waals surface area contributed by atoms with Gasteiger partial charge in [-0.3, -0.25) is 4.79 Å². The van der Waals surface area contributed by atoms with E-state index in [4.69, 9.17) is 4.74 Å². The summed E-state index contributed by atoms with van der Waals surface area (Å²) in [6.07, 6.45) is 1.76. The number of pyridine rings is 1. The molecule has 0 saturated carbocycles. The van der Waals surface area contributed by atoms with Crippen LogP contribution in [-0.4, -0.2) is 37.2 Å². The van der Waals surface area contributed by atoms with Crippen LogP contribution in [0.1, 0.15) is 5.56 Å². The second kappa shape index (κ2) is 7.19. The lowest BCUT2D eigenvalue weighted by Crippen LogP contribution is -2.36.